The van der Waals surface area contributed by atoms with Gasteiger partial charge in [-0.2, -0.15) is 5.26 Å². The van der Waals surface area contributed by atoms with Crippen LogP contribution in [0.1, 0.15) is 0 Å². The molecule has 0 aromatic carbocycles. The van der Waals surface area contributed by atoms with Crippen molar-refractivity contribution in [3.63, 3.8) is 0 Å². The van der Waals surface area contributed by atoms with Gasteiger partial charge in [-0.1, -0.05) is 11.6 Å². The van der Waals surface area contributed by atoms with Crippen molar-refractivity contribution < 1.29 is 14.7 Å². The lowest BCUT2D eigenvalue weighted by atomic mass is 10.3. The topological polar surface area (TPSA) is 115 Å². The molecule has 19 heavy (non-hydrogen) atoms. The molecule has 0 spiro atoms. The van der Waals surface area contributed by atoms with Crippen molar-refractivity contribution in [1.82, 2.24) is 10.3 Å². The second kappa shape index (κ2) is 6.98. The lowest BCUT2D eigenvalue weighted by Crippen LogP contribution is -2.30. The Hall–Kier alpha value is -2.59. The number of hydrogen-bond donors (Lipinski definition) is 3. The van der Waals surface area contributed by atoms with Crippen LogP contribution in [0.4, 0.5) is 5.69 Å². The summed E-state index contributed by atoms with van der Waals surface area (Å²) in [5.41, 5.74) is 0.143. The summed E-state index contributed by atoms with van der Waals surface area (Å²) in [6, 6.07) is 4.88. The number of amides is 1. The smallest absolute Gasteiger partial charge is 0.322 e. The highest BCUT2D eigenvalue weighted by molar-refractivity contribution is 6.32. The molecular weight excluding hydrogens is 272 g/mol. The number of carbonyl (C=O) groups excluding carboxylic acids is 1. The molecule has 0 saturated carbocycles. The number of pyridine rings is 1. The van der Waals surface area contributed by atoms with Gasteiger partial charge in [0.15, 0.2) is 5.15 Å². The fourth-order valence-electron chi connectivity index (χ4n) is 1.04. The first kappa shape index (κ1) is 14.5. The molecule has 1 aromatic heterocycles. The van der Waals surface area contributed by atoms with E-state index >= 15 is 0 Å². The van der Waals surface area contributed by atoms with Crippen LogP contribution < -0.4 is 10.6 Å². The normalized spacial score (nSPS) is 10.4. The third-order valence-corrected chi connectivity index (χ3v) is 2.20. The summed E-state index contributed by atoms with van der Waals surface area (Å²) >= 11 is 5.77. The van der Waals surface area contributed by atoms with Crippen LogP contribution in [0.15, 0.2) is 30.1 Å². The van der Waals surface area contributed by atoms with Crippen LogP contribution in [0.5, 0.6) is 0 Å². The zero-order valence-corrected chi connectivity index (χ0v) is 10.3. The highest BCUT2D eigenvalue weighted by Crippen LogP contribution is 2.17. The molecule has 0 atom stereocenters. The van der Waals surface area contributed by atoms with Crippen molar-refractivity contribution in [3.8, 4) is 6.07 Å². The highest BCUT2D eigenvalue weighted by Gasteiger charge is 2.10. The predicted molar refractivity (Wildman–Crippen MR) is 67.2 cm³/mol. The lowest BCUT2D eigenvalue weighted by Gasteiger charge is -2.04. The van der Waals surface area contributed by atoms with Gasteiger partial charge in [-0.15, -0.1) is 0 Å². The van der Waals surface area contributed by atoms with Gasteiger partial charge in [-0.05, 0) is 12.1 Å². The zero-order chi connectivity index (χ0) is 14.3. The van der Waals surface area contributed by atoms with Crippen molar-refractivity contribution in [2.75, 3.05) is 11.9 Å². The fourth-order valence-corrected chi connectivity index (χ4v) is 1.22. The summed E-state index contributed by atoms with van der Waals surface area (Å²) in [6.07, 6.45) is 2.61. The molecule has 1 heterocycles. The molecule has 0 saturated heterocycles. The van der Waals surface area contributed by atoms with Crippen LogP contribution in [0.2, 0.25) is 5.15 Å². The van der Waals surface area contributed by atoms with Gasteiger partial charge < -0.3 is 15.7 Å². The Kier molecular flexibility index (Phi) is 5.32. The first-order valence-electron chi connectivity index (χ1n) is 5.02. The maximum absolute atomic E-state index is 11.4. The maximum Gasteiger partial charge on any atom is 0.322 e. The number of carboxylic acids is 1. The first-order valence-corrected chi connectivity index (χ1v) is 5.39. The number of anilines is 1. The largest absolute Gasteiger partial charge is 0.480 e. The summed E-state index contributed by atoms with van der Waals surface area (Å²) in [4.78, 5) is 25.5. The number of rotatable bonds is 5. The molecule has 3 N–H and O–H groups in total. The average Bonchev–Trinajstić information content (AvgIpc) is 2.39. The Labute approximate surface area is 113 Å². The van der Waals surface area contributed by atoms with Gasteiger partial charge in [0.05, 0.1) is 5.69 Å². The van der Waals surface area contributed by atoms with Crippen LogP contribution in [0, 0.1) is 11.3 Å². The van der Waals surface area contributed by atoms with Crippen LogP contribution >= 0.6 is 11.6 Å². The second-order valence-corrected chi connectivity index (χ2v) is 3.59. The van der Waals surface area contributed by atoms with Crippen molar-refractivity contribution in [2.45, 2.75) is 0 Å². The molecule has 1 aromatic rings. The number of halogens is 1. The van der Waals surface area contributed by atoms with Crippen LogP contribution in [0.3, 0.4) is 0 Å². The van der Waals surface area contributed by atoms with Crippen molar-refractivity contribution in [3.05, 3.63) is 35.3 Å². The Morgan fingerprint density at radius 2 is 2.32 bits per heavy atom. The molecule has 98 valence electrons. The molecule has 1 rings (SSSR count). The number of carbonyl (C=O) groups is 2. The Morgan fingerprint density at radius 3 is 2.89 bits per heavy atom. The molecule has 0 bridgehead atoms. The van der Waals surface area contributed by atoms with Crippen LogP contribution in [-0.4, -0.2) is 28.5 Å². The minimum atomic E-state index is -1.20. The number of carboxylic acid groups (broad SMARTS) is 1. The third kappa shape index (κ3) is 4.65. The van der Waals surface area contributed by atoms with Crippen LogP contribution in [0.25, 0.3) is 0 Å². The van der Waals surface area contributed by atoms with Gasteiger partial charge in [0.25, 0.3) is 5.91 Å². The lowest BCUT2D eigenvalue weighted by molar-refractivity contribution is -0.137. The van der Waals surface area contributed by atoms with Crippen molar-refractivity contribution in [2.24, 2.45) is 0 Å². The number of nitrogens with zero attached hydrogens (tertiary/aromatic N) is 2. The quantitative estimate of drug-likeness (QED) is 0.416. The number of nitriles is 1. The Balaban J connectivity index is 2.73. The third-order valence-electron chi connectivity index (χ3n) is 1.90. The molecule has 0 aliphatic rings. The zero-order valence-electron chi connectivity index (χ0n) is 9.55. The standard InChI is InChI=1S/C11H9ClN4O3/c12-10-8(2-1-3-14-10)15-5-7(4-13)11(19)16-6-9(17)18/h1-3,5,15H,6H2,(H,16,19)(H,17,18)/b7-5-. The molecular formula is C11H9ClN4O3. The minimum Gasteiger partial charge on any atom is -0.480 e. The van der Waals surface area contributed by atoms with Gasteiger partial charge in [-0.25, -0.2) is 4.98 Å². The second-order valence-electron chi connectivity index (χ2n) is 3.23. The van der Waals surface area contributed by atoms with E-state index in [1.165, 1.54) is 6.20 Å². The number of aliphatic carboxylic acids is 1. The minimum absolute atomic E-state index is 0.182. The molecule has 0 unspecified atom stereocenters. The molecule has 1 amide bonds. The van der Waals surface area contributed by atoms with Gasteiger partial charge in [0, 0.05) is 12.4 Å². The van der Waals surface area contributed by atoms with Gasteiger partial charge in [-0.3, -0.25) is 9.59 Å². The number of nitrogens with one attached hydrogen (secondary N) is 2. The van der Waals surface area contributed by atoms with E-state index < -0.39 is 18.4 Å². The Morgan fingerprint density at radius 1 is 1.58 bits per heavy atom. The van der Waals surface area contributed by atoms with E-state index in [2.05, 4.69) is 15.6 Å². The predicted octanol–water partition coefficient (Wildman–Crippen LogP) is 0.755. The summed E-state index contributed by atoms with van der Waals surface area (Å²) in [5, 5.41) is 22.1. The van der Waals surface area contributed by atoms with Crippen molar-refractivity contribution >= 4 is 29.2 Å². The molecule has 0 aliphatic heterocycles. The van der Waals surface area contributed by atoms with E-state index in [9.17, 15) is 9.59 Å². The van der Waals surface area contributed by atoms with Gasteiger partial charge >= 0.3 is 5.97 Å². The van der Waals surface area contributed by atoms with E-state index in [0.717, 1.165) is 6.20 Å². The SMILES string of the molecule is N#C/C(=C/Nc1cccnc1Cl)C(=O)NCC(=O)O. The molecule has 0 aliphatic carbocycles. The van der Waals surface area contributed by atoms with Crippen LogP contribution in [-0.2, 0) is 9.59 Å². The van der Waals surface area contributed by atoms with Crippen molar-refractivity contribution in [1.29, 1.82) is 5.26 Å². The number of aromatic nitrogens is 1. The first-order chi connectivity index (χ1) is 9.04. The van der Waals surface area contributed by atoms with E-state index in [-0.39, 0.29) is 10.7 Å². The molecule has 7 nitrogen and oxygen atoms in total. The molecule has 8 heteroatoms. The van der Waals surface area contributed by atoms with E-state index in [4.69, 9.17) is 22.0 Å². The molecule has 0 fully saturated rings. The maximum atomic E-state index is 11.4. The average molecular weight is 281 g/mol. The van der Waals surface area contributed by atoms with Gasteiger partial charge in [0.2, 0.25) is 0 Å². The van der Waals surface area contributed by atoms with Gasteiger partial charge in [0.1, 0.15) is 18.2 Å². The van der Waals surface area contributed by atoms with E-state index in [1.807, 2.05) is 0 Å². The van der Waals surface area contributed by atoms with E-state index in [1.54, 1.807) is 18.2 Å². The highest BCUT2D eigenvalue weighted by atomic mass is 35.5. The Bertz CT molecular complexity index is 565. The monoisotopic (exact) mass is 280 g/mol. The fraction of sp³-hybridized carbons (Fsp3) is 0.0909. The number of hydrogen-bond acceptors (Lipinski definition) is 5. The summed E-state index contributed by atoms with van der Waals surface area (Å²) < 4.78 is 0. The molecule has 0 radical (unpaired) electrons. The summed E-state index contributed by atoms with van der Waals surface area (Å²) in [6.45, 7) is -0.564. The summed E-state index contributed by atoms with van der Waals surface area (Å²) in [5.74, 6) is -1.99. The van der Waals surface area contributed by atoms with E-state index in [0.29, 0.717) is 5.69 Å². The summed E-state index contributed by atoms with van der Waals surface area (Å²) in [7, 11) is 0.